The van der Waals surface area contributed by atoms with Crippen molar-refractivity contribution in [2.75, 3.05) is 5.32 Å². The monoisotopic (exact) mass is 277 g/mol. The first-order chi connectivity index (χ1) is 9.10. The largest absolute Gasteiger partial charge is 0.322 e. The van der Waals surface area contributed by atoms with E-state index in [1.165, 1.54) is 12.1 Å². The number of anilines is 1. The van der Waals surface area contributed by atoms with Crippen molar-refractivity contribution in [3.05, 3.63) is 64.4 Å². The Labute approximate surface area is 114 Å². The van der Waals surface area contributed by atoms with Crippen LogP contribution in [0.2, 0.25) is 5.02 Å². The summed E-state index contributed by atoms with van der Waals surface area (Å²) in [6.45, 7) is 0. The van der Waals surface area contributed by atoms with E-state index in [1.807, 2.05) is 0 Å². The molecular weight excluding hydrogens is 269 g/mol. The second kappa shape index (κ2) is 5.63. The molecule has 0 atom stereocenters. The number of rotatable bonds is 3. The normalized spacial score (nSPS) is 10.0. The average molecular weight is 278 g/mol. The van der Waals surface area contributed by atoms with Crippen LogP contribution in [0.25, 0.3) is 0 Å². The molecule has 0 heterocycles. The third-order valence-corrected chi connectivity index (χ3v) is 2.71. The lowest BCUT2D eigenvalue weighted by Gasteiger charge is -2.06. The van der Waals surface area contributed by atoms with Gasteiger partial charge in [-0.1, -0.05) is 11.6 Å². The van der Waals surface area contributed by atoms with E-state index >= 15 is 0 Å². The van der Waals surface area contributed by atoms with Gasteiger partial charge in [-0.05, 0) is 42.5 Å². The molecule has 0 saturated heterocycles. The zero-order chi connectivity index (χ0) is 13.8. The molecule has 3 nitrogen and oxygen atoms in total. The van der Waals surface area contributed by atoms with E-state index in [9.17, 15) is 14.0 Å². The van der Waals surface area contributed by atoms with Crippen LogP contribution >= 0.6 is 11.6 Å². The molecule has 0 aliphatic heterocycles. The van der Waals surface area contributed by atoms with Crippen LogP contribution in [0.5, 0.6) is 0 Å². The van der Waals surface area contributed by atoms with Gasteiger partial charge in [0.05, 0.1) is 5.56 Å². The third-order valence-electron chi connectivity index (χ3n) is 2.48. The summed E-state index contributed by atoms with van der Waals surface area (Å²) < 4.78 is 13.5. The van der Waals surface area contributed by atoms with Crippen LogP contribution in [0, 0.1) is 5.82 Å². The lowest BCUT2D eigenvalue weighted by atomic mass is 10.2. The van der Waals surface area contributed by atoms with Gasteiger partial charge >= 0.3 is 0 Å². The molecule has 0 spiro atoms. The van der Waals surface area contributed by atoms with E-state index < -0.39 is 11.7 Å². The van der Waals surface area contributed by atoms with Gasteiger partial charge in [0.2, 0.25) is 0 Å². The SMILES string of the molecule is O=Cc1ccc(NC(=O)c2cc(Cl)ccc2F)cc1. The van der Waals surface area contributed by atoms with Crippen LogP contribution in [0.15, 0.2) is 42.5 Å². The third kappa shape index (κ3) is 3.17. The molecule has 2 aromatic rings. The van der Waals surface area contributed by atoms with Crippen molar-refractivity contribution in [1.82, 2.24) is 0 Å². The van der Waals surface area contributed by atoms with Crippen LogP contribution in [0.1, 0.15) is 20.7 Å². The van der Waals surface area contributed by atoms with Gasteiger partial charge in [-0.15, -0.1) is 0 Å². The first-order valence-electron chi connectivity index (χ1n) is 5.42. The van der Waals surface area contributed by atoms with Crippen molar-refractivity contribution in [3.8, 4) is 0 Å². The van der Waals surface area contributed by atoms with Crippen LogP contribution in [-0.2, 0) is 0 Å². The summed E-state index contributed by atoms with van der Waals surface area (Å²) >= 11 is 5.72. The maximum absolute atomic E-state index is 13.5. The Morgan fingerprint density at radius 2 is 1.84 bits per heavy atom. The van der Waals surface area contributed by atoms with Gasteiger partial charge in [0.25, 0.3) is 5.91 Å². The smallest absolute Gasteiger partial charge is 0.258 e. The Morgan fingerprint density at radius 3 is 2.47 bits per heavy atom. The molecule has 1 N–H and O–H groups in total. The predicted octanol–water partition coefficient (Wildman–Crippen LogP) is 3.54. The second-order valence-electron chi connectivity index (χ2n) is 3.82. The molecule has 19 heavy (non-hydrogen) atoms. The predicted molar refractivity (Wildman–Crippen MR) is 71.2 cm³/mol. The average Bonchev–Trinajstić information content (AvgIpc) is 2.42. The van der Waals surface area contributed by atoms with Gasteiger partial charge in [-0.3, -0.25) is 9.59 Å². The first-order valence-corrected chi connectivity index (χ1v) is 5.79. The molecule has 0 aliphatic carbocycles. The zero-order valence-electron chi connectivity index (χ0n) is 9.69. The van der Waals surface area contributed by atoms with E-state index in [-0.39, 0.29) is 10.6 Å². The zero-order valence-corrected chi connectivity index (χ0v) is 10.4. The molecule has 0 fully saturated rings. The summed E-state index contributed by atoms with van der Waals surface area (Å²) in [5.41, 5.74) is 0.828. The number of hydrogen-bond acceptors (Lipinski definition) is 2. The second-order valence-corrected chi connectivity index (χ2v) is 4.25. The van der Waals surface area contributed by atoms with Crippen molar-refractivity contribution < 1.29 is 14.0 Å². The Bertz CT molecular complexity index is 626. The first kappa shape index (κ1) is 13.2. The van der Waals surface area contributed by atoms with Gasteiger partial charge in [-0.25, -0.2) is 4.39 Å². The quantitative estimate of drug-likeness (QED) is 0.872. The molecule has 0 bridgehead atoms. The van der Waals surface area contributed by atoms with E-state index in [0.29, 0.717) is 17.5 Å². The number of aldehydes is 1. The topological polar surface area (TPSA) is 46.2 Å². The van der Waals surface area contributed by atoms with Crippen molar-refractivity contribution in [1.29, 1.82) is 0 Å². The summed E-state index contributed by atoms with van der Waals surface area (Å²) in [5, 5.41) is 2.80. The molecule has 0 radical (unpaired) electrons. The Balaban J connectivity index is 2.20. The number of halogens is 2. The molecule has 5 heteroatoms. The highest BCUT2D eigenvalue weighted by Gasteiger charge is 2.12. The summed E-state index contributed by atoms with van der Waals surface area (Å²) in [5.74, 6) is -1.25. The number of nitrogens with one attached hydrogen (secondary N) is 1. The molecule has 0 saturated carbocycles. The Kier molecular flexibility index (Phi) is 3.92. The van der Waals surface area contributed by atoms with Crippen molar-refractivity contribution in [2.45, 2.75) is 0 Å². The number of amides is 1. The van der Waals surface area contributed by atoms with Gasteiger partial charge < -0.3 is 5.32 Å². The van der Waals surface area contributed by atoms with Crippen molar-refractivity contribution in [3.63, 3.8) is 0 Å². The van der Waals surface area contributed by atoms with Gasteiger partial charge in [0.15, 0.2) is 0 Å². The summed E-state index contributed by atoms with van der Waals surface area (Å²) in [6, 6.07) is 9.98. The maximum atomic E-state index is 13.5. The van der Waals surface area contributed by atoms with Crippen LogP contribution in [-0.4, -0.2) is 12.2 Å². The molecule has 2 rings (SSSR count). The van der Waals surface area contributed by atoms with Crippen molar-refractivity contribution in [2.24, 2.45) is 0 Å². The van der Waals surface area contributed by atoms with Crippen LogP contribution < -0.4 is 5.32 Å². The Morgan fingerprint density at radius 1 is 1.16 bits per heavy atom. The van der Waals surface area contributed by atoms with Gasteiger partial charge in [-0.2, -0.15) is 0 Å². The fraction of sp³-hybridized carbons (Fsp3) is 0. The summed E-state index contributed by atoms with van der Waals surface area (Å²) in [6.07, 6.45) is 0.697. The van der Waals surface area contributed by atoms with E-state index in [0.717, 1.165) is 6.07 Å². The highest BCUT2D eigenvalue weighted by atomic mass is 35.5. The summed E-state index contributed by atoms with van der Waals surface area (Å²) in [7, 11) is 0. The van der Waals surface area contributed by atoms with Gasteiger partial charge in [0, 0.05) is 16.3 Å². The standard InChI is InChI=1S/C14H9ClFNO2/c15-10-3-6-13(16)12(7-10)14(19)17-11-4-1-9(8-18)2-5-11/h1-8H,(H,17,19). The highest BCUT2D eigenvalue weighted by Crippen LogP contribution is 2.17. The van der Waals surface area contributed by atoms with Gasteiger partial charge in [0.1, 0.15) is 12.1 Å². The fourth-order valence-electron chi connectivity index (χ4n) is 1.51. The molecule has 0 unspecified atom stereocenters. The number of carbonyl (C=O) groups is 2. The van der Waals surface area contributed by atoms with Crippen LogP contribution in [0.3, 0.4) is 0 Å². The minimum atomic E-state index is -0.647. The minimum Gasteiger partial charge on any atom is -0.322 e. The van der Waals surface area contributed by atoms with E-state index in [4.69, 9.17) is 11.6 Å². The summed E-state index contributed by atoms with van der Waals surface area (Å²) in [4.78, 5) is 22.4. The molecule has 2 aromatic carbocycles. The number of benzene rings is 2. The molecule has 0 aromatic heterocycles. The van der Waals surface area contributed by atoms with Crippen LogP contribution in [0.4, 0.5) is 10.1 Å². The lowest BCUT2D eigenvalue weighted by Crippen LogP contribution is -2.13. The van der Waals surface area contributed by atoms with E-state index in [2.05, 4.69) is 5.32 Å². The lowest BCUT2D eigenvalue weighted by molar-refractivity contribution is 0.102. The molecule has 0 aliphatic rings. The highest BCUT2D eigenvalue weighted by molar-refractivity contribution is 6.31. The minimum absolute atomic E-state index is 0.132. The molecular formula is C14H9ClFNO2. The molecule has 1 amide bonds. The van der Waals surface area contributed by atoms with E-state index in [1.54, 1.807) is 24.3 Å². The number of hydrogen-bond donors (Lipinski definition) is 1. The Hall–Kier alpha value is -2.20. The fourth-order valence-corrected chi connectivity index (χ4v) is 1.69. The van der Waals surface area contributed by atoms with Crippen molar-refractivity contribution >= 4 is 29.5 Å². The maximum Gasteiger partial charge on any atom is 0.258 e. The molecule has 96 valence electrons. The number of carbonyl (C=O) groups excluding carboxylic acids is 2.